The van der Waals surface area contributed by atoms with E-state index in [1.807, 2.05) is 60.7 Å². The largest absolute Gasteiger partial charge is 0.461 e. The van der Waals surface area contributed by atoms with Crippen LogP contribution >= 0.6 is 0 Å². The van der Waals surface area contributed by atoms with Crippen LogP contribution in [0.15, 0.2) is 79.0 Å². The summed E-state index contributed by atoms with van der Waals surface area (Å²) in [6.07, 6.45) is 20.2. The Bertz CT molecular complexity index is 1650. The number of carbonyl (C=O) groups is 3. The van der Waals surface area contributed by atoms with E-state index in [0.717, 1.165) is 80.2 Å². The number of hydrogen-bond donors (Lipinski definition) is 0. The van der Waals surface area contributed by atoms with Gasteiger partial charge in [0.25, 0.3) is 0 Å². The van der Waals surface area contributed by atoms with Crippen molar-refractivity contribution in [3.8, 4) is 0 Å². The number of fused-ring (bicyclic) bond motifs is 1. The topological polar surface area (TPSA) is 123 Å². The molecule has 0 fully saturated rings. The van der Waals surface area contributed by atoms with Crippen molar-refractivity contribution in [1.29, 1.82) is 0 Å². The second kappa shape index (κ2) is 24.7. The zero-order valence-electron chi connectivity index (χ0n) is 32.3. The van der Waals surface area contributed by atoms with Gasteiger partial charge < -0.3 is 14.3 Å². The lowest BCUT2D eigenvalue weighted by Crippen LogP contribution is -2.46. The molecule has 2 heterocycles. The lowest BCUT2D eigenvalue weighted by Gasteiger charge is -2.29. The minimum absolute atomic E-state index is 0.0744. The first-order valence-corrected chi connectivity index (χ1v) is 20.3. The molecule has 0 unspecified atom stereocenters. The number of unbranched alkanes of at least 4 members (excludes halogenated alkanes) is 15. The molecule has 0 saturated heterocycles. The van der Waals surface area contributed by atoms with E-state index in [2.05, 4.69) is 22.2 Å². The van der Waals surface area contributed by atoms with E-state index >= 15 is 0 Å². The van der Waals surface area contributed by atoms with Crippen LogP contribution in [-0.4, -0.2) is 38.0 Å². The fourth-order valence-corrected chi connectivity index (χ4v) is 6.75. The average Bonchev–Trinajstić information content (AvgIpc) is 3.61. The van der Waals surface area contributed by atoms with E-state index in [1.165, 1.54) is 32.1 Å². The summed E-state index contributed by atoms with van der Waals surface area (Å²) >= 11 is 0. The molecule has 0 amide bonds. The molecular weight excluding hydrogens is 681 g/mol. The van der Waals surface area contributed by atoms with E-state index in [9.17, 15) is 14.4 Å². The van der Waals surface area contributed by atoms with Crippen LogP contribution in [-0.2, 0) is 37.1 Å². The normalized spacial score (nSPS) is 12.3. The number of pyridine rings is 1. The third-order valence-electron chi connectivity index (χ3n) is 10.0. The molecule has 0 aliphatic heterocycles. The SMILES string of the molecule is CCCCCCCCCCC[C@](CCCCCCCCCCC(=O)OCc1ccccc1)(C(=O)OCc1ccccc1)C(=O)On1nnc2cccnc21. The van der Waals surface area contributed by atoms with Crippen LogP contribution in [0.1, 0.15) is 146 Å². The van der Waals surface area contributed by atoms with E-state index in [0.29, 0.717) is 49.9 Å². The number of nitrogens with zero attached hydrogens (tertiary/aromatic N) is 4. The maximum absolute atomic E-state index is 14.3. The van der Waals surface area contributed by atoms with Crippen molar-refractivity contribution in [3.63, 3.8) is 0 Å². The Morgan fingerprint density at radius 2 is 1.11 bits per heavy atom. The van der Waals surface area contributed by atoms with E-state index in [1.54, 1.807) is 18.3 Å². The van der Waals surface area contributed by atoms with Gasteiger partial charge in [-0.05, 0) is 52.6 Å². The van der Waals surface area contributed by atoms with E-state index in [4.69, 9.17) is 14.3 Å². The van der Waals surface area contributed by atoms with Crippen molar-refractivity contribution in [1.82, 2.24) is 20.1 Å². The number of rotatable bonds is 28. The zero-order chi connectivity index (χ0) is 38.1. The van der Waals surface area contributed by atoms with Gasteiger partial charge in [0, 0.05) is 12.6 Å². The van der Waals surface area contributed by atoms with Gasteiger partial charge in [-0.15, -0.1) is 5.10 Å². The van der Waals surface area contributed by atoms with Crippen molar-refractivity contribution < 1.29 is 28.7 Å². The maximum atomic E-state index is 14.3. The predicted molar refractivity (Wildman–Crippen MR) is 210 cm³/mol. The fraction of sp³-hybridized carbons (Fsp3) is 0.545. The van der Waals surface area contributed by atoms with Crippen molar-refractivity contribution >= 4 is 29.1 Å². The van der Waals surface area contributed by atoms with E-state index in [-0.39, 0.29) is 12.6 Å². The fourth-order valence-electron chi connectivity index (χ4n) is 6.75. The van der Waals surface area contributed by atoms with Gasteiger partial charge in [-0.1, -0.05) is 170 Å². The molecule has 4 aromatic rings. The van der Waals surface area contributed by atoms with Crippen molar-refractivity contribution in [2.45, 2.75) is 149 Å². The van der Waals surface area contributed by atoms with Gasteiger partial charge >= 0.3 is 17.9 Å². The van der Waals surface area contributed by atoms with Gasteiger partial charge in [0.15, 0.2) is 5.41 Å². The summed E-state index contributed by atoms with van der Waals surface area (Å²) in [7, 11) is 0. The average molecular weight is 741 g/mol. The Kier molecular flexibility index (Phi) is 19.2. The molecule has 10 heteroatoms. The van der Waals surface area contributed by atoms with Crippen LogP contribution in [0.4, 0.5) is 0 Å². The minimum atomic E-state index is -1.49. The molecule has 1 atom stereocenters. The third kappa shape index (κ3) is 14.7. The molecule has 0 radical (unpaired) electrons. The number of ether oxygens (including phenoxy) is 2. The number of hydrogen-bond acceptors (Lipinski definition) is 9. The molecule has 0 aliphatic carbocycles. The van der Waals surface area contributed by atoms with Gasteiger partial charge in [-0.25, -0.2) is 9.78 Å². The molecule has 0 saturated carbocycles. The Hall–Kier alpha value is -4.60. The number of benzene rings is 2. The second-order valence-electron chi connectivity index (χ2n) is 14.4. The first-order chi connectivity index (χ1) is 26.5. The minimum Gasteiger partial charge on any atom is -0.461 e. The van der Waals surface area contributed by atoms with Crippen LogP contribution in [0.25, 0.3) is 11.2 Å². The highest BCUT2D eigenvalue weighted by atomic mass is 16.7. The lowest BCUT2D eigenvalue weighted by molar-refractivity contribution is -0.176. The smallest absolute Gasteiger partial charge is 0.352 e. The van der Waals surface area contributed by atoms with Gasteiger partial charge in [-0.3, -0.25) is 9.59 Å². The second-order valence-corrected chi connectivity index (χ2v) is 14.4. The monoisotopic (exact) mass is 740 g/mol. The molecule has 10 nitrogen and oxygen atoms in total. The van der Waals surface area contributed by atoms with Gasteiger partial charge in [-0.2, -0.15) is 0 Å². The Labute approximate surface area is 321 Å². The quantitative estimate of drug-likeness (QED) is 0.0242. The number of esters is 2. The molecule has 0 bridgehead atoms. The van der Waals surface area contributed by atoms with Crippen molar-refractivity contribution in [3.05, 3.63) is 90.1 Å². The molecule has 0 aliphatic rings. The highest BCUT2D eigenvalue weighted by molar-refractivity contribution is 6.00. The summed E-state index contributed by atoms with van der Waals surface area (Å²) in [5, 5.41) is 8.10. The third-order valence-corrected chi connectivity index (χ3v) is 10.0. The predicted octanol–water partition coefficient (Wildman–Crippen LogP) is 10.1. The molecule has 54 heavy (non-hydrogen) atoms. The van der Waals surface area contributed by atoms with Gasteiger partial charge in [0.05, 0.1) is 0 Å². The van der Waals surface area contributed by atoms with Crippen molar-refractivity contribution in [2.75, 3.05) is 0 Å². The van der Waals surface area contributed by atoms with Crippen LogP contribution in [0.3, 0.4) is 0 Å². The summed E-state index contributed by atoms with van der Waals surface area (Å²) in [6.45, 7) is 2.62. The first kappa shape index (κ1) is 42.1. The van der Waals surface area contributed by atoms with Crippen LogP contribution in [0, 0.1) is 5.41 Å². The Morgan fingerprint density at radius 3 is 1.69 bits per heavy atom. The number of aromatic nitrogens is 4. The van der Waals surface area contributed by atoms with Crippen LogP contribution in [0.5, 0.6) is 0 Å². The summed E-state index contributed by atoms with van der Waals surface area (Å²) in [4.78, 5) is 51.7. The highest BCUT2D eigenvalue weighted by Gasteiger charge is 2.49. The molecule has 0 N–H and O–H groups in total. The van der Waals surface area contributed by atoms with Crippen molar-refractivity contribution in [2.24, 2.45) is 5.41 Å². The summed E-state index contributed by atoms with van der Waals surface area (Å²) in [5.74, 6) is -1.39. The molecule has 2 aromatic carbocycles. The van der Waals surface area contributed by atoms with Gasteiger partial charge in [0.2, 0.25) is 5.65 Å². The number of carbonyl (C=O) groups excluding carboxylic acids is 3. The first-order valence-electron chi connectivity index (χ1n) is 20.3. The molecule has 4 rings (SSSR count). The molecule has 292 valence electrons. The standard InChI is InChI=1S/C44H60N4O6/c1-2-3-4-5-6-8-11-14-23-32-44(42(50)53-36-38-28-20-17-21-29-38,43(51)54-48-41-39(46-47-48)30-25-34-45-41)33-24-15-12-9-7-10-13-22-31-40(49)52-35-37-26-18-16-19-27-37/h16-21,25-30,34H,2-15,22-24,31-33,35-36H2,1H3/t44-/m0/s1. The molecule has 0 spiro atoms. The molecule has 2 aromatic heterocycles. The zero-order valence-corrected chi connectivity index (χ0v) is 32.3. The summed E-state index contributed by atoms with van der Waals surface area (Å²) < 4.78 is 11.3. The maximum Gasteiger partial charge on any atom is 0.352 e. The highest BCUT2D eigenvalue weighted by Crippen LogP contribution is 2.35. The van der Waals surface area contributed by atoms with Gasteiger partial charge in [0.1, 0.15) is 18.7 Å². The lowest BCUT2D eigenvalue weighted by atomic mass is 9.77. The molecular formula is C44H60N4O6. The Balaban J connectivity index is 1.30. The summed E-state index contributed by atoms with van der Waals surface area (Å²) in [6, 6.07) is 22.7. The van der Waals surface area contributed by atoms with E-state index < -0.39 is 17.4 Å². The Morgan fingerprint density at radius 1 is 0.593 bits per heavy atom. The summed E-state index contributed by atoms with van der Waals surface area (Å²) in [5.41, 5.74) is 1.16. The van der Waals surface area contributed by atoms with Crippen LogP contribution in [0.2, 0.25) is 0 Å². The van der Waals surface area contributed by atoms with Crippen LogP contribution < -0.4 is 4.84 Å².